The minimum atomic E-state index is -1.08. The summed E-state index contributed by atoms with van der Waals surface area (Å²) in [5.41, 5.74) is 7.28. The molecule has 1 fully saturated rings. The Hall–Kier alpha value is -2.32. The molecule has 5 nitrogen and oxygen atoms in total. The monoisotopic (exact) mass is 395 g/mol. The average Bonchev–Trinajstić information content (AvgIpc) is 2.97. The molecule has 1 aliphatic rings. The number of nitrogens with zero attached hydrogens (tertiary/aromatic N) is 4. The molecule has 27 heavy (non-hydrogen) atoms. The van der Waals surface area contributed by atoms with Crippen molar-refractivity contribution in [2.75, 3.05) is 18.0 Å². The summed E-state index contributed by atoms with van der Waals surface area (Å²) in [4.78, 5) is 10.6. The van der Waals surface area contributed by atoms with Gasteiger partial charge in [0, 0.05) is 31.4 Å². The van der Waals surface area contributed by atoms with E-state index in [4.69, 9.17) is 17.3 Å². The van der Waals surface area contributed by atoms with Gasteiger partial charge in [0.15, 0.2) is 11.6 Å². The van der Waals surface area contributed by atoms with Crippen LogP contribution in [0, 0.1) is 11.6 Å². The third kappa shape index (κ3) is 3.46. The fourth-order valence-corrected chi connectivity index (χ4v) is 3.41. The van der Waals surface area contributed by atoms with Crippen LogP contribution < -0.4 is 10.6 Å². The van der Waals surface area contributed by atoms with Crippen LogP contribution >= 0.6 is 11.6 Å². The lowest BCUT2D eigenvalue weighted by atomic mass is 10.1. The quantitative estimate of drug-likeness (QED) is 0.739. The predicted molar refractivity (Wildman–Crippen MR) is 97.7 cm³/mol. The normalized spacial score (nSPS) is 20.4. The second-order valence-electron chi connectivity index (χ2n) is 6.64. The number of piperidine rings is 1. The number of imidazole rings is 1. The molecule has 2 atom stereocenters. The van der Waals surface area contributed by atoms with Crippen LogP contribution in [-0.2, 0) is 6.54 Å². The zero-order chi connectivity index (χ0) is 19.1. The molecule has 9 heteroatoms. The van der Waals surface area contributed by atoms with Gasteiger partial charge in [0.25, 0.3) is 0 Å². The Kier molecular flexibility index (Phi) is 4.69. The molecule has 0 bridgehead atoms. The van der Waals surface area contributed by atoms with Gasteiger partial charge in [-0.2, -0.15) is 0 Å². The molecule has 3 aromatic rings. The van der Waals surface area contributed by atoms with Crippen molar-refractivity contribution in [3.63, 3.8) is 0 Å². The number of aromatic nitrogens is 3. The summed E-state index contributed by atoms with van der Waals surface area (Å²) in [7, 11) is 0. The second kappa shape index (κ2) is 7.01. The van der Waals surface area contributed by atoms with Crippen LogP contribution in [0.3, 0.4) is 0 Å². The van der Waals surface area contributed by atoms with Crippen LogP contribution in [0.1, 0.15) is 12.1 Å². The molecule has 4 rings (SSSR count). The minimum absolute atomic E-state index is 0.267. The second-order valence-corrected chi connectivity index (χ2v) is 7.07. The maximum Gasteiger partial charge on any atom is 0.206 e. The molecular formula is C18H17ClF3N5. The maximum absolute atomic E-state index is 13.9. The van der Waals surface area contributed by atoms with Crippen molar-refractivity contribution in [1.82, 2.24) is 14.5 Å². The van der Waals surface area contributed by atoms with Gasteiger partial charge < -0.3 is 15.2 Å². The smallest absolute Gasteiger partial charge is 0.206 e. The fourth-order valence-electron chi connectivity index (χ4n) is 3.30. The molecule has 1 aromatic carbocycles. The summed E-state index contributed by atoms with van der Waals surface area (Å²) in [6, 6.07) is 4.97. The Labute approximate surface area is 158 Å². The van der Waals surface area contributed by atoms with Crippen LogP contribution in [0.15, 0.2) is 30.5 Å². The number of pyridine rings is 1. The van der Waals surface area contributed by atoms with Gasteiger partial charge in [0.05, 0.1) is 34.3 Å². The Bertz CT molecular complexity index is 975. The van der Waals surface area contributed by atoms with E-state index in [0.717, 1.165) is 12.1 Å². The van der Waals surface area contributed by atoms with Gasteiger partial charge in [0.1, 0.15) is 6.17 Å². The Balaban J connectivity index is 1.80. The summed E-state index contributed by atoms with van der Waals surface area (Å²) in [6.45, 7) is 0.958. The zero-order valence-electron chi connectivity index (χ0n) is 14.2. The van der Waals surface area contributed by atoms with Crippen molar-refractivity contribution in [3.05, 3.63) is 52.8 Å². The average molecular weight is 396 g/mol. The van der Waals surface area contributed by atoms with Gasteiger partial charge in [0.2, 0.25) is 5.95 Å². The first-order valence-corrected chi connectivity index (χ1v) is 8.90. The van der Waals surface area contributed by atoms with Crippen molar-refractivity contribution in [2.45, 2.75) is 25.2 Å². The highest BCUT2D eigenvalue weighted by Gasteiger charge is 2.29. The minimum Gasteiger partial charge on any atom is -0.340 e. The molecule has 3 heterocycles. The van der Waals surface area contributed by atoms with Crippen LogP contribution in [0.4, 0.5) is 19.1 Å². The third-order valence-electron chi connectivity index (χ3n) is 4.73. The SMILES string of the molecule is NC1CN(c2nc3cc(F)c(F)cc3n2Cc2ccc(Cl)cn2)CCC1F. The molecule has 0 saturated carbocycles. The lowest BCUT2D eigenvalue weighted by molar-refractivity contribution is 0.243. The molecule has 0 aliphatic carbocycles. The lowest BCUT2D eigenvalue weighted by Crippen LogP contribution is -2.50. The molecule has 2 aromatic heterocycles. The van der Waals surface area contributed by atoms with E-state index in [1.54, 1.807) is 16.7 Å². The molecule has 2 N–H and O–H groups in total. The predicted octanol–water partition coefficient (Wildman–Crippen LogP) is 3.29. The van der Waals surface area contributed by atoms with E-state index in [2.05, 4.69) is 9.97 Å². The van der Waals surface area contributed by atoms with E-state index in [9.17, 15) is 13.2 Å². The molecule has 0 spiro atoms. The number of hydrogen-bond acceptors (Lipinski definition) is 4. The summed E-state index contributed by atoms with van der Waals surface area (Å²) in [5, 5.41) is 0.499. The number of rotatable bonds is 3. The number of anilines is 1. The summed E-state index contributed by atoms with van der Waals surface area (Å²) >= 11 is 5.88. The first-order chi connectivity index (χ1) is 12.9. The van der Waals surface area contributed by atoms with Crippen molar-refractivity contribution in [1.29, 1.82) is 0 Å². The van der Waals surface area contributed by atoms with Crippen molar-refractivity contribution in [2.24, 2.45) is 5.73 Å². The van der Waals surface area contributed by atoms with E-state index in [1.807, 2.05) is 4.90 Å². The lowest BCUT2D eigenvalue weighted by Gasteiger charge is -2.34. The topological polar surface area (TPSA) is 60.0 Å². The standard InChI is InChI=1S/C18H17ClF3N5/c19-10-1-2-11(24-7-10)8-27-17-6-14(22)13(21)5-16(17)25-18(27)26-4-3-12(20)15(23)9-26/h1-2,5-7,12,15H,3-4,8-9,23H2. The number of hydrogen-bond donors (Lipinski definition) is 1. The van der Waals surface area contributed by atoms with E-state index in [-0.39, 0.29) is 19.5 Å². The molecular weight excluding hydrogens is 379 g/mol. The Morgan fingerprint density at radius 1 is 1.22 bits per heavy atom. The molecule has 142 valence electrons. The van der Waals surface area contributed by atoms with Crippen LogP contribution in [0.25, 0.3) is 11.0 Å². The van der Waals surface area contributed by atoms with E-state index >= 15 is 0 Å². The maximum atomic E-state index is 13.9. The van der Waals surface area contributed by atoms with Crippen LogP contribution in [0.5, 0.6) is 0 Å². The highest BCUT2D eigenvalue weighted by molar-refractivity contribution is 6.30. The van der Waals surface area contributed by atoms with Crippen molar-refractivity contribution in [3.8, 4) is 0 Å². The van der Waals surface area contributed by atoms with E-state index < -0.39 is 23.8 Å². The van der Waals surface area contributed by atoms with Gasteiger partial charge in [-0.05, 0) is 18.6 Å². The highest BCUT2D eigenvalue weighted by atomic mass is 35.5. The molecule has 1 saturated heterocycles. The highest BCUT2D eigenvalue weighted by Crippen LogP contribution is 2.28. The molecule has 1 aliphatic heterocycles. The summed E-state index contributed by atoms with van der Waals surface area (Å²) in [6.07, 6.45) is 0.708. The van der Waals surface area contributed by atoms with Crippen LogP contribution in [-0.4, -0.2) is 39.8 Å². The number of nitrogens with two attached hydrogens (primary N) is 1. The number of alkyl halides is 1. The molecule has 0 amide bonds. The van der Waals surface area contributed by atoms with Crippen LogP contribution in [0.2, 0.25) is 5.02 Å². The van der Waals surface area contributed by atoms with Gasteiger partial charge in [-0.1, -0.05) is 11.6 Å². The van der Waals surface area contributed by atoms with Gasteiger partial charge in [-0.3, -0.25) is 4.98 Å². The largest absolute Gasteiger partial charge is 0.340 e. The van der Waals surface area contributed by atoms with E-state index in [1.165, 1.54) is 6.20 Å². The third-order valence-corrected chi connectivity index (χ3v) is 4.96. The first-order valence-electron chi connectivity index (χ1n) is 8.52. The van der Waals surface area contributed by atoms with Crippen molar-refractivity contribution >= 4 is 28.6 Å². The Morgan fingerprint density at radius 2 is 2.00 bits per heavy atom. The number of fused-ring (bicyclic) bond motifs is 1. The first kappa shape index (κ1) is 18.1. The fraction of sp³-hybridized carbons (Fsp3) is 0.333. The Morgan fingerprint density at radius 3 is 2.70 bits per heavy atom. The summed E-state index contributed by atoms with van der Waals surface area (Å²) in [5.74, 6) is -1.45. The van der Waals surface area contributed by atoms with Crippen molar-refractivity contribution < 1.29 is 13.2 Å². The summed E-state index contributed by atoms with van der Waals surface area (Å²) < 4.78 is 43.0. The zero-order valence-corrected chi connectivity index (χ0v) is 15.0. The van der Waals surface area contributed by atoms with Gasteiger partial charge in [-0.15, -0.1) is 0 Å². The number of benzene rings is 1. The van der Waals surface area contributed by atoms with Gasteiger partial charge >= 0.3 is 0 Å². The molecule has 0 radical (unpaired) electrons. The molecule has 2 unspecified atom stereocenters. The number of halogens is 4. The van der Waals surface area contributed by atoms with E-state index in [0.29, 0.717) is 34.2 Å². The van der Waals surface area contributed by atoms with Gasteiger partial charge in [-0.25, -0.2) is 18.2 Å².